The van der Waals surface area contributed by atoms with Crippen molar-refractivity contribution in [2.75, 3.05) is 0 Å². The predicted molar refractivity (Wildman–Crippen MR) is 87.7 cm³/mol. The summed E-state index contributed by atoms with van der Waals surface area (Å²) < 4.78 is 0. The van der Waals surface area contributed by atoms with Crippen molar-refractivity contribution in [3.63, 3.8) is 0 Å². The molecule has 0 atom stereocenters. The monoisotopic (exact) mass is 267 g/mol. The molecular weight excluding hydrogens is 244 g/mol. The standard InChI is InChI=1S/C18H23Si/c1-11-7-13(3)17(14(4)8-11)19-18-15(5)9-12(2)10-16(18)6/h7-10,19H,1-6H3. The van der Waals surface area contributed by atoms with Crippen LogP contribution < -0.4 is 10.4 Å². The van der Waals surface area contributed by atoms with E-state index in [1.54, 1.807) is 10.4 Å². The van der Waals surface area contributed by atoms with Crippen LogP contribution in [-0.2, 0) is 0 Å². The van der Waals surface area contributed by atoms with Crippen LogP contribution in [-0.4, -0.2) is 9.52 Å². The van der Waals surface area contributed by atoms with Gasteiger partial charge in [-0.05, 0) is 41.5 Å². The van der Waals surface area contributed by atoms with Crippen LogP contribution in [0.3, 0.4) is 0 Å². The van der Waals surface area contributed by atoms with Gasteiger partial charge in [0.15, 0.2) is 0 Å². The molecule has 0 bridgehead atoms. The first-order valence-electron chi connectivity index (χ1n) is 6.89. The Morgan fingerprint density at radius 2 is 0.789 bits per heavy atom. The number of hydrogen-bond acceptors (Lipinski definition) is 0. The third kappa shape index (κ3) is 2.98. The van der Waals surface area contributed by atoms with Crippen LogP contribution in [0.25, 0.3) is 0 Å². The van der Waals surface area contributed by atoms with Crippen LogP contribution in [0, 0.1) is 41.5 Å². The van der Waals surface area contributed by atoms with Gasteiger partial charge in [0, 0.05) is 0 Å². The van der Waals surface area contributed by atoms with E-state index >= 15 is 0 Å². The average Bonchev–Trinajstić information content (AvgIpc) is 2.25. The van der Waals surface area contributed by atoms with Crippen molar-refractivity contribution in [1.82, 2.24) is 0 Å². The van der Waals surface area contributed by atoms with E-state index in [-0.39, 0.29) is 9.52 Å². The van der Waals surface area contributed by atoms with Gasteiger partial charge in [-0.1, -0.05) is 68.0 Å². The van der Waals surface area contributed by atoms with Gasteiger partial charge in [0.1, 0.15) is 9.52 Å². The summed E-state index contributed by atoms with van der Waals surface area (Å²) in [6, 6.07) is 9.25. The smallest absolute Gasteiger partial charge is 0.0565 e. The Morgan fingerprint density at radius 3 is 1.05 bits per heavy atom. The van der Waals surface area contributed by atoms with Gasteiger partial charge in [0.2, 0.25) is 0 Å². The highest BCUT2D eigenvalue weighted by Gasteiger charge is 2.10. The predicted octanol–water partition coefficient (Wildman–Crippen LogP) is 2.92. The van der Waals surface area contributed by atoms with E-state index in [0.717, 1.165) is 0 Å². The third-order valence-corrected chi connectivity index (χ3v) is 6.16. The summed E-state index contributed by atoms with van der Waals surface area (Å²) in [5, 5.41) is 3.14. The fourth-order valence-electron chi connectivity index (χ4n) is 2.98. The van der Waals surface area contributed by atoms with Crippen molar-refractivity contribution >= 4 is 19.9 Å². The lowest BCUT2D eigenvalue weighted by atomic mass is 10.1. The fraction of sp³-hybridized carbons (Fsp3) is 0.333. The van der Waals surface area contributed by atoms with E-state index in [9.17, 15) is 0 Å². The molecule has 0 aliphatic heterocycles. The first kappa shape index (κ1) is 14.1. The molecule has 0 N–H and O–H groups in total. The van der Waals surface area contributed by atoms with Crippen molar-refractivity contribution in [3.8, 4) is 0 Å². The zero-order valence-electron chi connectivity index (χ0n) is 12.9. The highest BCUT2D eigenvalue weighted by Crippen LogP contribution is 2.08. The van der Waals surface area contributed by atoms with Gasteiger partial charge in [-0.25, -0.2) is 0 Å². The van der Waals surface area contributed by atoms with Gasteiger partial charge in [-0.2, -0.15) is 0 Å². The molecule has 0 spiro atoms. The van der Waals surface area contributed by atoms with Crippen molar-refractivity contribution in [2.45, 2.75) is 41.5 Å². The Balaban J connectivity index is 2.48. The second-order valence-corrected chi connectivity index (χ2v) is 7.21. The summed E-state index contributed by atoms with van der Waals surface area (Å²) in [4.78, 5) is 0. The molecule has 19 heavy (non-hydrogen) atoms. The topological polar surface area (TPSA) is 0 Å². The van der Waals surface area contributed by atoms with Gasteiger partial charge >= 0.3 is 0 Å². The Labute approximate surface area is 119 Å². The van der Waals surface area contributed by atoms with Gasteiger partial charge in [-0.15, -0.1) is 0 Å². The highest BCUT2D eigenvalue weighted by molar-refractivity contribution is 6.69. The van der Waals surface area contributed by atoms with E-state index in [0.29, 0.717) is 0 Å². The van der Waals surface area contributed by atoms with Crippen molar-refractivity contribution < 1.29 is 0 Å². The van der Waals surface area contributed by atoms with E-state index < -0.39 is 0 Å². The number of rotatable bonds is 2. The number of hydrogen-bond donors (Lipinski definition) is 0. The van der Waals surface area contributed by atoms with E-state index in [4.69, 9.17) is 0 Å². The van der Waals surface area contributed by atoms with Gasteiger partial charge < -0.3 is 0 Å². The number of aryl methyl sites for hydroxylation is 6. The lowest BCUT2D eigenvalue weighted by Crippen LogP contribution is -2.34. The molecule has 0 aliphatic carbocycles. The molecule has 1 heteroatoms. The summed E-state index contributed by atoms with van der Waals surface area (Å²) in [6.07, 6.45) is 0. The second-order valence-electron chi connectivity index (χ2n) is 5.77. The molecule has 0 unspecified atom stereocenters. The molecule has 1 radical (unpaired) electrons. The summed E-state index contributed by atoms with van der Waals surface area (Å²) in [7, 11) is 0.191. The molecule has 0 fully saturated rings. The highest BCUT2D eigenvalue weighted by atomic mass is 28.2. The van der Waals surface area contributed by atoms with Crippen LogP contribution in [0.1, 0.15) is 33.4 Å². The van der Waals surface area contributed by atoms with Crippen LogP contribution in [0.15, 0.2) is 24.3 Å². The van der Waals surface area contributed by atoms with Gasteiger partial charge in [0.25, 0.3) is 0 Å². The minimum absolute atomic E-state index is 0.191. The van der Waals surface area contributed by atoms with Crippen molar-refractivity contribution in [2.24, 2.45) is 0 Å². The molecule has 0 saturated carbocycles. The largest absolute Gasteiger partial charge is 0.104 e. The molecule has 2 aromatic rings. The molecule has 2 aromatic carbocycles. The molecule has 99 valence electrons. The van der Waals surface area contributed by atoms with E-state index in [1.165, 1.54) is 33.4 Å². The van der Waals surface area contributed by atoms with Crippen LogP contribution in [0.4, 0.5) is 0 Å². The zero-order valence-corrected chi connectivity index (χ0v) is 14.0. The minimum atomic E-state index is 0.191. The molecule has 2 rings (SSSR count). The van der Waals surface area contributed by atoms with Crippen molar-refractivity contribution in [1.29, 1.82) is 0 Å². The molecule has 0 aliphatic rings. The lowest BCUT2D eigenvalue weighted by Gasteiger charge is -2.15. The molecule has 0 amide bonds. The molecule has 0 aromatic heterocycles. The summed E-state index contributed by atoms with van der Waals surface area (Å²) in [5.74, 6) is 0. The van der Waals surface area contributed by atoms with Crippen LogP contribution in [0.5, 0.6) is 0 Å². The zero-order chi connectivity index (χ0) is 14.2. The second kappa shape index (κ2) is 5.34. The Bertz CT molecular complexity index is 522. The quantitative estimate of drug-likeness (QED) is 0.734. The molecule has 0 heterocycles. The Morgan fingerprint density at radius 1 is 0.526 bits per heavy atom. The third-order valence-electron chi connectivity index (χ3n) is 3.76. The maximum atomic E-state index is 2.31. The number of benzene rings is 2. The van der Waals surface area contributed by atoms with E-state index in [1.807, 2.05) is 0 Å². The normalized spacial score (nSPS) is 10.8. The lowest BCUT2D eigenvalue weighted by molar-refractivity contribution is 1.34. The van der Waals surface area contributed by atoms with E-state index in [2.05, 4.69) is 65.8 Å². The van der Waals surface area contributed by atoms with Crippen molar-refractivity contribution in [3.05, 3.63) is 57.6 Å². The average molecular weight is 267 g/mol. The summed E-state index contributed by atoms with van der Waals surface area (Å²) in [6.45, 7) is 13.4. The van der Waals surface area contributed by atoms with Gasteiger partial charge in [-0.3, -0.25) is 0 Å². The molecule has 0 saturated heterocycles. The first-order chi connectivity index (χ1) is 8.88. The maximum Gasteiger partial charge on any atom is 0.104 e. The first-order valence-corrected chi connectivity index (χ1v) is 8.04. The summed E-state index contributed by atoms with van der Waals surface area (Å²) >= 11 is 0. The SMILES string of the molecule is Cc1cc(C)c([SiH]c2c(C)cc(C)cc2C)c(C)c1. The summed E-state index contributed by atoms with van der Waals surface area (Å²) in [5.41, 5.74) is 8.54. The maximum absolute atomic E-state index is 2.31. The minimum Gasteiger partial charge on any atom is -0.0565 e. The van der Waals surface area contributed by atoms with Crippen LogP contribution in [0.2, 0.25) is 0 Å². The van der Waals surface area contributed by atoms with Crippen LogP contribution >= 0.6 is 0 Å². The Kier molecular flexibility index (Phi) is 3.95. The molecule has 0 nitrogen and oxygen atoms in total. The fourth-order valence-corrected chi connectivity index (χ4v) is 4.51. The van der Waals surface area contributed by atoms with Gasteiger partial charge in [0.05, 0.1) is 0 Å². The molecular formula is C18H23Si. The Hall–Kier alpha value is -1.34.